The minimum atomic E-state index is -1.22. The van der Waals surface area contributed by atoms with Crippen LogP contribution in [-0.2, 0) is 19.0 Å². The maximum Gasteiger partial charge on any atom is 0.338 e. The molecule has 7 nitrogen and oxygen atoms in total. The molecule has 138 valence electrons. The largest absolute Gasteiger partial charge is 0.462 e. The quantitative estimate of drug-likeness (QED) is 0.769. The lowest BCUT2D eigenvalue weighted by atomic mass is 9.97. The molecular formula is C18H24O7. The van der Waals surface area contributed by atoms with E-state index >= 15 is 0 Å². The van der Waals surface area contributed by atoms with Crippen LogP contribution in [0.1, 0.15) is 37.6 Å². The summed E-state index contributed by atoms with van der Waals surface area (Å²) in [6, 6.07) is 8.38. The Balaban J connectivity index is 1.96. The van der Waals surface area contributed by atoms with Crippen molar-refractivity contribution in [3.63, 3.8) is 0 Å². The van der Waals surface area contributed by atoms with Gasteiger partial charge >= 0.3 is 11.9 Å². The van der Waals surface area contributed by atoms with Crippen LogP contribution >= 0.6 is 0 Å². The summed E-state index contributed by atoms with van der Waals surface area (Å²) in [6.45, 7) is 4.78. The molecule has 2 N–H and O–H groups in total. The molecule has 0 aromatic heterocycles. The third-order valence-electron chi connectivity index (χ3n) is 3.76. The van der Waals surface area contributed by atoms with Gasteiger partial charge in [-0.15, -0.1) is 0 Å². The van der Waals surface area contributed by atoms with Crippen LogP contribution in [0.5, 0.6) is 0 Å². The molecule has 0 radical (unpaired) electrons. The van der Waals surface area contributed by atoms with E-state index in [1.165, 1.54) is 0 Å². The summed E-state index contributed by atoms with van der Waals surface area (Å²) in [5.41, 5.74) is -0.342. The highest BCUT2D eigenvalue weighted by molar-refractivity contribution is 5.89. The molecule has 1 aromatic carbocycles. The maximum atomic E-state index is 12.1. The summed E-state index contributed by atoms with van der Waals surface area (Å²) in [7, 11) is 0. The van der Waals surface area contributed by atoms with Crippen molar-refractivity contribution in [2.24, 2.45) is 5.41 Å². The second-order valence-corrected chi connectivity index (χ2v) is 7.02. The number of aliphatic hydroxyl groups is 2. The molecule has 0 unspecified atom stereocenters. The van der Waals surface area contributed by atoms with Gasteiger partial charge < -0.3 is 24.4 Å². The van der Waals surface area contributed by atoms with Crippen LogP contribution < -0.4 is 0 Å². The summed E-state index contributed by atoms with van der Waals surface area (Å²) in [6.07, 6.45) is -4.17. The number of esters is 2. The van der Waals surface area contributed by atoms with Crippen LogP contribution in [0.2, 0.25) is 0 Å². The van der Waals surface area contributed by atoms with Gasteiger partial charge in [0, 0.05) is 6.42 Å². The molecule has 0 bridgehead atoms. The Labute approximate surface area is 146 Å². The van der Waals surface area contributed by atoms with Crippen LogP contribution in [0.4, 0.5) is 0 Å². The molecule has 25 heavy (non-hydrogen) atoms. The minimum Gasteiger partial charge on any atom is -0.462 e. The van der Waals surface area contributed by atoms with Gasteiger partial charge in [-0.1, -0.05) is 18.2 Å². The molecule has 0 saturated carbocycles. The zero-order chi connectivity index (χ0) is 18.6. The van der Waals surface area contributed by atoms with Gasteiger partial charge in [0.2, 0.25) is 0 Å². The summed E-state index contributed by atoms with van der Waals surface area (Å²) in [5, 5.41) is 19.9. The van der Waals surface area contributed by atoms with Crippen molar-refractivity contribution in [1.82, 2.24) is 0 Å². The zero-order valence-corrected chi connectivity index (χ0v) is 14.5. The Morgan fingerprint density at radius 3 is 2.52 bits per heavy atom. The molecule has 1 aliphatic heterocycles. The third kappa shape index (κ3) is 5.26. The predicted octanol–water partition coefficient (Wildman–Crippen LogP) is 1.27. The molecule has 0 spiro atoms. The van der Waals surface area contributed by atoms with Crippen molar-refractivity contribution in [2.45, 2.75) is 51.8 Å². The molecule has 1 aromatic rings. The lowest BCUT2D eigenvalue weighted by Crippen LogP contribution is -2.41. The number of aliphatic hydroxyl groups excluding tert-OH is 2. The molecule has 2 rings (SSSR count). The smallest absolute Gasteiger partial charge is 0.338 e. The van der Waals surface area contributed by atoms with E-state index in [4.69, 9.17) is 14.2 Å². The molecule has 0 amide bonds. The van der Waals surface area contributed by atoms with E-state index in [1.807, 2.05) is 0 Å². The van der Waals surface area contributed by atoms with Crippen molar-refractivity contribution >= 4 is 11.9 Å². The van der Waals surface area contributed by atoms with Crippen molar-refractivity contribution in [1.29, 1.82) is 0 Å². The molecular weight excluding hydrogens is 328 g/mol. The van der Waals surface area contributed by atoms with Crippen LogP contribution in [0.15, 0.2) is 30.3 Å². The number of hydrogen-bond donors (Lipinski definition) is 2. The fraction of sp³-hybridized carbons (Fsp3) is 0.556. The molecule has 1 saturated heterocycles. The predicted molar refractivity (Wildman–Crippen MR) is 87.6 cm³/mol. The first-order valence-electron chi connectivity index (χ1n) is 8.13. The summed E-state index contributed by atoms with van der Waals surface area (Å²) in [5.74, 6) is -1.05. The Bertz CT molecular complexity index is 593. The Morgan fingerprint density at radius 2 is 1.92 bits per heavy atom. The Hall–Kier alpha value is -1.96. The van der Waals surface area contributed by atoms with E-state index < -0.39 is 42.0 Å². The van der Waals surface area contributed by atoms with E-state index in [2.05, 4.69) is 0 Å². The van der Waals surface area contributed by atoms with Crippen LogP contribution in [0, 0.1) is 5.41 Å². The van der Waals surface area contributed by atoms with E-state index in [9.17, 15) is 19.8 Å². The van der Waals surface area contributed by atoms with Gasteiger partial charge in [0.05, 0.1) is 11.0 Å². The van der Waals surface area contributed by atoms with Gasteiger partial charge in [0.1, 0.15) is 24.9 Å². The average molecular weight is 352 g/mol. The lowest BCUT2D eigenvalue weighted by Gasteiger charge is -2.24. The summed E-state index contributed by atoms with van der Waals surface area (Å²) < 4.78 is 15.6. The van der Waals surface area contributed by atoms with Gasteiger partial charge in [0.15, 0.2) is 6.29 Å². The average Bonchev–Trinajstić information content (AvgIpc) is 2.92. The van der Waals surface area contributed by atoms with Crippen molar-refractivity contribution in [3.8, 4) is 0 Å². The highest BCUT2D eigenvalue weighted by Gasteiger charge is 2.42. The Kier molecular flexibility index (Phi) is 6.16. The number of hydrogen-bond acceptors (Lipinski definition) is 7. The molecule has 1 aliphatic rings. The molecule has 1 fully saturated rings. The van der Waals surface area contributed by atoms with E-state index in [0.29, 0.717) is 5.56 Å². The third-order valence-corrected chi connectivity index (χ3v) is 3.76. The first-order valence-corrected chi connectivity index (χ1v) is 8.13. The van der Waals surface area contributed by atoms with Crippen LogP contribution in [-0.4, -0.2) is 53.4 Å². The maximum absolute atomic E-state index is 12.1. The SMILES string of the molecule is CC(C)(C)C(=O)OC[C@@H](O)[C@@H]1O[C@@H](O)C[C@H]1OC(=O)c1ccccc1. The minimum absolute atomic E-state index is 0.0352. The standard InChI is InChI=1S/C18H24O7/c1-18(2,3)17(22)23-10-12(19)15-13(9-14(20)25-15)24-16(21)11-7-5-4-6-8-11/h4-8,12-15,19-20H,9-10H2,1-3H3/t12-,13-,14-,15+/m1/s1. The van der Waals surface area contributed by atoms with Crippen molar-refractivity contribution in [2.75, 3.05) is 6.61 Å². The van der Waals surface area contributed by atoms with Crippen molar-refractivity contribution < 1.29 is 34.0 Å². The van der Waals surface area contributed by atoms with Gasteiger partial charge in [-0.25, -0.2) is 4.79 Å². The van der Waals surface area contributed by atoms with Gasteiger partial charge in [-0.3, -0.25) is 4.79 Å². The van der Waals surface area contributed by atoms with Crippen molar-refractivity contribution in [3.05, 3.63) is 35.9 Å². The summed E-state index contributed by atoms with van der Waals surface area (Å²) >= 11 is 0. The van der Waals surface area contributed by atoms with E-state index in [1.54, 1.807) is 51.1 Å². The van der Waals surface area contributed by atoms with Gasteiger partial charge in [0.25, 0.3) is 0 Å². The summed E-state index contributed by atoms with van der Waals surface area (Å²) in [4.78, 5) is 23.9. The molecule has 4 atom stereocenters. The first kappa shape index (κ1) is 19.4. The number of ether oxygens (including phenoxy) is 3. The van der Waals surface area contributed by atoms with Gasteiger partial charge in [-0.05, 0) is 32.9 Å². The lowest BCUT2D eigenvalue weighted by molar-refractivity contribution is -0.166. The number of rotatable bonds is 5. The first-order chi connectivity index (χ1) is 11.7. The number of carbonyl (C=O) groups is 2. The molecule has 7 heteroatoms. The fourth-order valence-electron chi connectivity index (χ4n) is 2.36. The second-order valence-electron chi connectivity index (χ2n) is 7.02. The highest BCUT2D eigenvalue weighted by atomic mass is 16.7. The van der Waals surface area contributed by atoms with E-state index in [0.717, 1.165) is 0 Å². The van der Waals surface area contributed by atoms with Crippen LogP contribution in [0.25, 0.3) is 0 Å². The fourth-order valence-corrected chi connectivity index (χ4v) is 2.36. The normalized spacial score (nSPS) is 24.6. The molecule has 0 aliphatic carbocycles. The van der Waals surface area contributed by atoms with E-state index in [-0.39, 0.29) is 13.0 Å². The molecule has 1 heterocycles. The monoisotopic (exact) mass is 352 g/mol. The number of carbonyl (C=O) groups excluding carboxylic acids is 2. The Morgan fingerprint density at radius 1 is 1.28 bits per heavy atom. The van der Waals surface area contributed by atoms with Crippen LogP contribution in [0.3, 0.4) is 0 Å². The topological polar surface area (TPSA) is 102 Å². The second kappa shape index (κ2) is 7.95. The highest BCUT2D eigenvalue weighted by Crippen LogP contribution is 2.26. The van der Waals surface area contributed by atoms with Gasteiger partial charge in [-0.2, -0.15) is 0 Å². The zero-order valence-electron chi connectivity index (χ0n) is 14.5. The number of benzene rings is 1.